The number of hydrogen-bond acceptors (Lipinski definition) is 3. The minimum absolute atomic E-state index is 0.576. The smallest absolute Gasteiger partial charge is 0.128 e. The van der Waals surface area contributed by atoms with E-state index in [2.05, 4.69) is 95.3 Å². The Morgan fingerprint density at radius 3 is 1.88 bits per heavy atom. The number of rotatable bonds is 10. The first kappa shape index (κ1) is 27.9. The van der Waals surface area contributed by atoms with Crippen molar-refractivity contribution >= 4 is 65.6 Å². The van der Waals surface area contributed by atoms with Crippen molar-refractivity contribution in [2.24, 2.45) is 0 Å². The van der Waals surface area contributed by atoms with Crippen LogP contribution in [0.15, 0.2) is 62.7 Å². The summed E-state index contributed by atoms with van der Waals surface area (Å²) >= 11 is 0. The Labute approximate surface area is 249 Å². The molecule has 0 atom stereocenters. The monoisotopic (exact) mass is 555 g/mol. The van der Waals surface area contributed by atoms with E-state index in [1.165, 1.54) is 27.1 Å². The van der Waals surface area contributed by atoms with Crippen LogP contribution in [-0.4, -0.2) is 25.2 Å². The molecule has 1 aliphatic heterocycles. The maximum Gasteiger partial charge on any atom is 0.128 e. The summed E-state index contributed by atoms with van der Waals surface area (Å²) in [4.78, 5) is 2.19. The van der Waals surface area contributed by atoms with Gasteiger partial charge in [0.05, 0.1) is 13.7 Å². The summed E-state index contributed by atoms with van der Waals surface area (Å²) < 4.78 is 12.7. The van der Waals surface area contributed by atoms with Gasteiger partial charge < -0.3 is 14.4 Å². The van der Waals surface area contributed by atoms with Crippen molar-refractivity contribution in [3.05, 3.63) is 85.0 Å². The van der Waals surface area contributed by atoms with E-state index in [0.717, 1.165) is 105 Å². The van der Waals surface area contributed by atoms with Crippen LogP contribution in [0.2, 0.25) is 0 Å². The number of benzene rings is 5. The van der Waals surface area contributed by atoms with Crippen molar-refractivity contribution in [1.82, 2.24) is 4.90 Å². The van der Waals surface area contributed by atoms with Gasteiger partial charge in [0, 0.05) is 56.0 Å². The van der Waals surface area contributed by atoms with Crippen LogP contribution < -0.4 is 9.47 Å². The van der Waals surface area contributed by atoms with E-state index < -0.39 is 0 Å². The molecule has 0 spiro atoms. The zero-order valence-electron chi connectivity index (χ0n) is 25.8. The van der Waals surface area contributed by atoms with Crippen LogP contribution in [0.25, 0.3) is 65.6 Å². The lowest BCUT2D eigenvalue weighted by Crippen LogP contribution is -2.23. The fourth-order valence-electron chi connectivity index (χ4n) is 7.21. The van der Waals surface area contributed by atoms with E-state index in [1.54, 1.807) is 7.11 Å². The molecule has 5 aromatic rings. The van der Waals surface area contributed by atoms with Crippen molar-refractivity contribution in [2.45, 2.75) is 53.4 Å². The van der Waals surface area contributed by atoms with Gasteiger partial charge in [-0.1, -0.05) is 77.3 Å². The fourth-order valence-corrected chi connectivity index (χ4v) is 7.21. The number of nitrogens with zero attached hydrogens (tertiary/aromatic N) is 1. The molecule has 0 unspecified atom stereocenters. The van der Waals surface area contributed by atoms with Gasteiger partial charge in [-0.25, -0.2) is 0 Å². The molecule has 5 aromatic carbocycles. The normalized spacial score (nSPS) is 13.2. The van der Waals surface area contributed by atoms with Crippen LogP contribution >= 0.6 is 0 Å². The summed E-state index contributed by atoms with van der Waals surface area (Å²) in [6.07, 6.45) is 3.93. The number of fused-ring (bicyclic) bond motifs is 2. The Bertz CT molecular complexity index is 1960. The molecule has 1 heterocycles. The first-order valence-electron chi connectivity index (χ1n) is 15.3. The SMILES string of the molecule is C=C(CCC)c1ccc2c3c(OC)cc4c5c(ccc(c6c(OCC)cc(C(=C)CCC)c1c26)c53)C(=C)N(CC)C4=C. The van der Waals surface area contributed by atoms with E-state index in [-0.39, 0.29) is 0 Å². The lowest BCUT2D eigenvalue weighted by atomic mass is 9.80. The molecule has 214 valence electrons. The van der Waals surface area contributed by atoms with Gasteiger partial charge in [0.2, 0.25) is 0 Å². The molecule has 0 aliphatic carbocycles. The molecule has 0 fully saturated rings. The van der Waals surface area contributed by atoms with Gasteiger partial charge in [-0.05, 0) is 77.3 Å². The predicted octanol–water partition coefficient (Wildman–Crippen LogP) is 11.0. The third kappa shape index (κ3) is 3.79. The van der Waals surface area contributed by atoms with Gasteiger partial charge >= 0.3 is 0 Å². The zero-order chi connectivity index (χ0) is 29.9. The molecule has 3 nitrogen and oxygen atoms in total. The number of hydrogen-bond donors (Lipinski definition) is 0. The molecule has 3 heteroatoms. The van der Waals surface area contributed by atoms with Crippen molar-refractivity contribution in [3.8, 4) is 11.5 Å². The molecule has 0 amide bonds. The van der Waals surface area contributed by atoms with Crippen LogP contribution in [0.4, 0.5) is 0 Å². The lowest BCUT2D eigenvalue weighted by molar-refractivity contribution is 0.344. The molecular formula is C39H41NO2. The predicted molar refractivity (Wildman–Crippen MR) is 184 cm³/mol. The minimum Gasteiger partial charge on any atom is -0.496 e. The number of methoxy groups -OCH3 is 1. The maximum absolute atomic E-state index is 6.48. The molecule has 0 saturated heterocycles. The highest BCUT2D eigenvalue weighted by atomic mass is 16.5. The average Bonchev–Trinajstić information content (AvgIpc) is 2.99. The second kappa shape index (κ2) is 10.5. The Kier molecular flexibility index (Phi) is 7.01. The molecule has 0 saturated carbocycles. The van der Waals surface area contributed by atoms with Gasteiger partial charge in [0.15, 0.2) is 0 Å². The summed E-state index contributed by atoms with van der Waals surface area (Å²) in [5.41, 5.74) is 8.80. The summed E-state index contributed by atoms with van der Waals surface area (Å²) in [7, 11) is 1.77. The highest BCUT2D eigenvalue weighted by Gasteiger charge is 2.30. The largest absolute Gasteiger partial charge is 0.496 e. The van der Waals surface area contributed by atoms with E-state index in [9.17, 15) is 0 Å². The van der Waals surface area contributed by atoms with Gasteiger partial charge in [-0.3, -0.25) is 0 Å². The third-order valence-corrected chi connectivity index (χ3v) is 9.01. The Balaban J connectivity index is 1.92. The van der Waals surface area contributed by atoms with E-state index in [4.69, 9.17) is 9.47 Å². The van der Waals surface area contributed by atoms with Crippen LogP contribution in [0.5, 0.6) is 11.5 Å². The number of ether oxygens (including phenoxy) is 2. The lowest BCUT2D eigenvalue weighted by Gasteiger charge is -2.35. The van der Waals surface area contributed by atoms with Crippen LogP contribution in [0, 0.1) is 0 Å². The molecule has 0 N–H and O–H groups in total. The maximum atomic E-state index is 6.48. The van der Waals surface area contributed by atoms with Gasteiger partial charge in [-0.15, -0.1) is 0 Å². The molecule has 0 aromatic heterocycles. The van der Waals surface area contributed by atoms with Crippen molar-refractivity contribution in [2.75, 3.05) is 20.3 Å². The van der Waals surface area contributed by atoms with Crippen molar-refractivity contribution in [3.63, 3.8) is 0 Å². The molecule has 1 aliphatic rings. The highest BCUT2D eigenvalue weighted by Crippen LogP contribution is 2.54. The first-order valence-corrected chi connectivity index (χ1v) is 15.3. The second-order valence-electron chi connectivity index (χ2n) is 11.4. The average molecular weight is 556 g/mol. The van der Waals surface area contributed by atoms with Crippen LogP contribution in [0.3, 0.4) is 0 Å². The first-order chi connectivity index (χ1) is 20.3. The van der Waals surface area contributed by atoms with E-state index in [0.29, 0.717) is 6.61 Å². The number of allylic oxidation sites excluding steroid dienone is 2. The molecular weight excluding hydrogens is 514 g/mol. The molecule has 0 bridgehead atoms. The van der Waals surface area contributed by atoms with Crippen molar-refractivity contribution < 1.29 is 9.47 Å². The summed E-state index contributed by atoms with van der Waals surface area (Å²) in [5.74, 6) is 1.74. The summed E-state index contributed by atoms with van der Waals surface area (Å²) in [5, 5.41) is 9.33. The quantitative estimate of drug-likeness (QED) is 0.126. The van der Waals surface area contributed by atoms with Crippen LogP contribution in [-0.2, 0) is 0 Å². The van der Waals surface area contributed by atoms with E-state index in [1.807, 2.05) is 0 Å². The molecule has 6 rings (SSSR count). The second-order valence-corrected chi connectivity index (χ2v) is 11.4. The Morgan fingerprint density at radius 2 is 1.26 bits per heavy atom. The highest BCUT2D eigenvalue weighted by molar-refractivity contribution is 6.38. The van der Waals surface area contributed by atoms with Crippen LogP contribution in [0.1, 0.15) is 75.6 Å². The van der Waals surface area contributed by atoms with Gasteiger partial charge in [-0.2, -0.15) is 0 Å². The Hall–Kier alpha value is -4.24. The fraction of sp³-hybridized carbons (Fsp3) is 0.282. The molecule has 0 radical (unpaired) electrons. The molecule has 42 heavy (non-hydrogen) atoms. The standard InChI is InChI=1S/C39H41NO2/c1-10-14-22(5)26-16-18-28-36-32(41-9)21-31-25(8)40(12-3)24(7)27-17-19-29(39(36)35(27)31)37-33(42-13-4)20-30(23(6)15-11-2)34(26)38(28)37/h16-21H,5-8,10-15H2,1-4,9H3. The van der Waals surface area contributed by atoms with Gasteiger partial charge in [0.1, 0.15) is 11.5 Å². The van der Waals surface area contributed by atoms with Crippen molar-refractivity contribution in [1.29, 1.82) is 0 Å². The third-order valence-electron chi connectivity index (χ3n) is 9.01. The van der Waals surface area contributed by atoms with E-state index >= 15 is 0 Å². The van der Waals surface area contributed by atoms with Gasteiger partial charge in [0.25, 0.3) is 0 Å². The minimum atomic E-state index is 0.576. The summed E-state index contributed by atoms with van der Waals surface area (Å²) in [6, 6.07) is 13.4. The zero-order valence-corrected chi connectivity index (χ0v) is 25.8. The topological polar surface area (TPSA) is 21.7 Å². The summed E-state index contributed by atoms with van der Waals surface area (Å²) in [6.45, 7) is 28.1. The Morgan fingerprint density at radius 1 is 0.667 bits per heavy atom.